The van der Waals surface area contributed by atoms with Gasteiger partial charge in [0, 0.05) is 12.1 Å². The zero-order valence-corrected chi connectivity index (χ0v) is 11.0. The smallest absolute Gasteiger partial charge is 0.00618 e. The maximum absolute atomic E-state index is 5.98. The molecule has 2 unspecified atom stereocenters. The van der Waals surface area contributed by atoms with Gasteiger partial charge in [0.2, 0.25) is 0 Å². The molecule has 0 saturated carbocycles. The summed E-state index contributed by atoms with van der Waals surface area (Å²) in [7, 11) is 0. The summed E-state index contributed by atoms with van der Waals surface area (Å²) in [6, 6.07) is 0.757. The van der Waals surface area contributed by atoms with Gasteiger partial charge < -0.3 is 11.5 Å². The fourth-order valence-corrected chi connectivity index (χ4v) is 1.60. The van der Waals surface area contributed by atoms with Gasteiger partial charge in [-0.05, 0) is 24.7 Å². The highest BCUT2D eigenvalue weighted by Gasteiger charge is 2.08. The highest BCUT2D eigenvalue weighted by molar-refractivity contribution is 4.67. The lowest BCUT2D eigenvalue weighted by Gasteiger charge is -2.17. The Labute approximate surface area is 95.8 Å². The summed E-state index contributed by atoms with van der Waals surface area (Å²) in [6.45, 7) is 8.78. The first-order valence-electron chi connectivity index (χ1n) is 6.46. The minimum absolute atomic E-state index is 0.378. The molecule has 0 heterocycles. The molecule has 0 spiro atoms. The topological polar surface area (TPSA) is 52.0 Å². The Hall–Kier alpha value is -0.0800. The van der Waals surface area contributed by atoms with Gasteiger partial charge >= 0.3 is 0 Å². The molecule has 0 bridgehead atoms. The molecule has 2 atom stereocenters. The fourth-order valence-electron chi connectivity index (χ4n) is 1.60. The molecule has 0 aromatic rings. The largest absolute Gasteiger partial charge is 0.327 e. The van der Waals surface area contributed by atoms with Gasteiger partial charge in [-0.15, -0.1) is 0 Å². The Balaban J connectivity index is 3.32. The summed E-state index contributed by atoms with van der Waals surface area (Å²) >= 11 is 0. The fraction of sp³-hybridized carbons (Fsp3) is 1.00. The minimum Gasteiger partial charge on any atom is -0.327 e. The van der Waals surface area contributed by atoms with E-state index in [0.29, 0.717) is 23.9 Å². The predicted molar refractivity (Wildman–Crippen MR) is 68.7 cm³/mol. The normalized spacial score (nSPS) is 16.0. The first kappa shape index (κ1) is 14.9. The Morgan fingerprint density at radius 3 is 1.27 bits per heavy atom. The number of rotatable bonds is 8. The van der Waals surface area contributed by atoms with Gasteiger partial charge in [0.1, 0.15) is 0 Å². The van der Waals surface area contributed by atoms with Crippen LogP contribution in [0.5, 0.6) is 0 Å². The van der Waals surface area contributed by atoms with Crippen molar-refractivity contribution in [2.45, 2.75) is 71.9 Å². The number of hydrogen-bond acceptors (Lipinski definition) is 2. The Morgan fingerprint density at radius 1 is 0.667 bits per heavy atom. The standard InChI is InChI=1S/C13H30N2/c1-10(2)12(14)8-6-5-7-9-13(15)11(3)4/h10-13H,5-9,14-15H2,1-4H3. The van der Waals surface area contributed by atoms with E-state index in [4.69, 9.17) is 11.5 Å². The van der Waals surface area contributed by atoms with Crippen LogP contribution in [0.4, 0.5) is 0 Å². The Morgan fingerprint density at radius 2 is 1.00 bits per heavy atom. The average Bonchev–Trinajstić information content (AvgIpc) is 2.16. The average molecular weight is 214 g/mol. The van der Waals surface area contributed by atoms with Gasteiger partial charge in [0.05, 0.1) is 0 Å². The predicted octanol–water partition coefficient (Wildman–Crippen LogP) is 2.90. The van der Waals surface area contributed by atoms with Crippen LogP contribution in [0.25, 0.3) is 0 Å². The van der Waals surface area contributed by atoms with Gasteiger partial charge in [0.15, 0.2) is 0 Å². The van der Waals surface area contributed by atoms with Crippen molar-refractivity contribution in [2.75, 3.05) is 0 Å². The van der Waals surface area contributed by atoms with Crippen LogP contribution in [0.2, 0.25) is 0 Å². The van der Waals surface area contributed by atoms with Crippen LogP contribution in [0.3, 0.4) is 0 Å². The lowest BCUT2D eigenvalue weighted by atomic mass is 9.96. The molecule has 0 saturated heterocycles. The molecule has 0 aliphatic rings. The van der Waals surface area contributed by atoms with Gasteiger partial charge in [-0.25, -0.2) is 0 Å². The monoisotopic (exact) mass is 214 g/mol. The summed E-state index contributed by atoms with van der Waals surface area (Å²) in [4.78, 5) is 0. The highest BCUT2D eigenvalue weighted by atomic mass is 14.6. The van der Waals surface area contributed by atoms with E-state index in [1.54, 1.807) is 0 Å². The lowest BCUT2D eigenvalue weighted by molar-refractivity contribution is 0.416. The first-order valence-corrected chi connectivity index (χ1v) is 6.46. The first-order chi connectivity index (χ1) is 6.95. The molecule has 0 fully saturated rings. The van der Waals surface area contributed by atoms with Crippen LogP contribution < -0.4 is 11.5 Å². The van der Waals surface area contributed by atoms with E-state index >= 15 is 0 Å². The van der Waals surface area contributed by atoms with E-state index in [1.165, 1.54) is 19.3 Å². The maximum atomic E-state index is 5.98. The van der Waals surface area contributed by atoms with Crippen LogP contribution in [-0.4, -0.2) is 12.1 Å². The lowest BCUT2D eigenvalue weighted by Crippen LogP contribution is -2.26. The van der Waals surface area contributed by atoms with Crippen molar-refractivity contribution in [2.24, 2.45) is 23.3 Å². The summed E-state index contributed by atoms with van der Waals surface area (Å²) in [5, 5.41) is 0. The van der Waals surface area contributed by atoms with Gasteiger partial charge in [-0.1, -0.05) is 47.0 Å². The molecule has 0 aliphatic heterocycles. The van der Waals surface area contributed by atoms with Crippen LogP contribution in [0.15, 0.2) is 0 Å². The third kappa shape index (κ3) is 7.80. The molecule has 4 N–H and O–H groups in total. The summed E-state index contributed by atoms with van der Waals surface area (Å²) < 4.78 is 0. The van der Waals surface area contributed by atoms with Gasteiger partial charge in [-0.3, -0.25) is 0 Å². The molecule has 15 heavy (non-hydrogen) atoms. The van der Waals surface area contributed by atoms with E-state index in [2.05, 4.69) is 27.7 Å². The Bertz CT molecular complexity index is 127. The molecule has 0 aliphatic carbocycles. The second-order valence-electron chi connectivity index (χ2n) is 5.45. The third-order valence-electron chi connectivity index (χ3n) is 3.29. The number of nitrogens with two attached hydrogens (primary N) is 2. The zero-order valence-electron chi connectivity index (χ0n) is 11.0. The molecular formula is C13H30N2. The van der Waals surface area contributed by atoms with Crippen molar-refractivity contribution in [3.8, 4) is 0 Å². The van der Waals surface area contributed by atoms with E-state index in [0.717, 1.165) is 12.8 Å². The quantitative estimate of drug-likeness (QED) is 0.610. The van der Waals surface area contributed by atoms with E-state index in [1.807, 2.05) is 0 Å². The molecule has 0 aromatic carbocycles. The highest BCUT2D eigenvalue weighted by Crippen LogP contribution is 2.12. The van der Waals surface area contributed by atoms with E-state index in [9.17, 15) is 0 Å². The molecule has 92 valence electrons. The van der Waals surface area contributed by atoms with Crippen LogP contribution in [-0.2, 0) is 0 Å². The molecule has 0 radical (unpaired) electrons. The zero-order chi connectivity index (χ0) is 11.8. The molecule has 2 heteroatoms. The molecule has 0 amide bonds. The van der Waals surface area contributed by atoms with E-state index in [-0.39, 0.29) is 0 Å². The maximum Gasteiger partial charge on any atom is 0.00618 e. The van der Waals surface area contributed by atoms with Crippen molar-refractivity contribution in [1.82, 2.24) is 0 Å². The van der Waals surface area contributed by atoms with Crippen molar-refractivity contribution in [3.63, 3.8) is 0 Å². The third-order valence-corrected chi connectivity index (χ3v) is 3.29. The van der Waals surface area contributed by atoms with Crippen LogP contribution in [0.1, 0.15) is 59.8 Å². The van der Waals surface area contributed by atoms with Crippen LogP contribution in [0, 0.1) is 11.8 Å². The second-order valence-corrected chi connectivity index (χ2v) is 5.45. The molecule has 0 aromatic heterocycles. The SMILES string of the molecule is CC(C)C(N)CCCCCC(N)C(C)C. The van der Waals surface area contributed by atoms with Crippen molar-refractivity contribution >= 4 is 0 Å². The van der Waals surface area contributed by atoms with E-state index < -0.39 is 0 Å². The molecular weight excluding hydrogens is 184 g/mol. The van der Waals surface area contributed by atoms with Gasteiger partial charge in [0.25, 0.3) is 0 Å². The summed E-state index contributed by atoms with van der Waals surface area (Å²) in [6.07, 6.45) is 6.11. The minimum atomic E-state index is 0.378. The van der Waals surface area contributed by atoms with Gasteiger partial charge in [-0.2, -0.15) is 0 Å². The summed E-state index contributed by atoms with van der Waals surface area (Å²) in [5.74, 6) is 1.23. The molecule has 0 rings (SSSR count). The second kappa shape index (κ2) is 8.12. The Kier molecular flexibility index (Phi) is 8.07. The summed E-state index contributed by atoms with van der Waals surface area (Å²) in [5.41, 5.74) is 12.0. The van der Waals surface area contributed by atoms with Crippen molar-refractivity contribution in [3.05, 3.63) is 0 Å². The number of unbranched alkanes of at least 4 members (excludes halogenated alkanes) is 2. The molecule has 2 nitrogen and oxygen atoms in total. The van der Waals surface area contributed by atoms with Crippen LogP contribution >= 0.6 is 0 Å². The van der Waals surface area contributed by atoms with Crippen molar-refractivity contribution < 1.29 is 0 Å². The number of hydrogen-bond donors (Lipinski definition) is 2. The van der Waals surface area contributed by atoms with Crippen molar-refractivity contribution in [1.29, 1.82) is 0 Å².